The van der Waals surface area contributed by atoms with Crippen LogP contribution in [0.2, 0.25) is 0 Å². The predicted octanol–water partition coefficient (Wildman–Crippen LogP) is 12.7. The van der Waals surface area contributed by atoms with Crippen molar-refractivity contribution in [2.24, 2.45) is 0 Å². The van der Waals surface area contributed by atoms with E-state index in [1.165, 1.54) is 49.4 Å². The summed E-state index contributed by atoms with van der Waals surface area (Å²) in [7, 11) is 0. The van der Waals surface area contributed by atoms with Gasteiger partial charge in [0.1, 0.15) is 5.65 Å². The van der Waals surface area contributed by atoms with Crippen molar-refractivity contribution in [3.05, 3.63) is 200 Å². The van der Waals surface area contributed by atoms with Gasteiger partial charge in [0.15, 0.2) is 17.5 Å². The second-order valence-electron chi connectivity index (χ2n) is 14.0. The molecule has 262 valence electrons. The van der Waals surface area contributed by atoms with E-state index in [1.54, 1.807) is 0 Å². The molecular formula is C51H33N5. The number of benzene rings is 8. The fourth-order valence-electron chi connectivity index (χ4n) is 8.25. The lowest BCUT2D eigenvalue weighted by Crippen LogP contribution is -2.00. The van der Waals surface area contributed by atoms with Crippen LogP contribution >= 0.6 is 0 Å². The van der Waals surface area contributed by atoms with Crippen molar-refractivity contribution >= 4 is 38.4 Å². The molecule has 0 fully saturated rings. The molecule has 0 aliphatic rings. The van der Waals surface area contributed by atoms with Crippen molar-refractivity contribution in [1.82, 2.24) is 23.9 Å². The Bertz CT molecular complexity index is 3160. The minimum absolute atomic E-state index is 0.642. The van der Waals surface area contributed by atoms with Gasteiger partial charge in [0.05, 0.1) is 16.6 Å². The molecule has 3 aromatic heterocycles. The Hall–Kier alpha value is -7.63. The molecule has 3 heterocycles. The molecule has 11 aromatic rings. The van der Waals surface area contributed by atoms with E-state index >= 15 is 0 Å². The topological polar surface area (TPSA) is 48.0 Å². The van der Waals surface area contributed by atoms with Crippen molar-refractivity contribution in [3.8, 4) is 62.1 Å². The van der Waals surface area contributed by atoms with Crippen LogP contribution in [0.1, 0.15) is 0 Å². The quantitative estimate of drug-likeness (QED) is 0.172. The fourth-order valence-corrected chi connectivity index (χ4v) is 8.25. The van der Waals surface area contributed by atoms with Gasteiger partial charge < -0.3 is 0 Å². The van der Waals surface area contributed by atoms with Crippen molar-refractivity contribution in [2.75, 3.05) is 0 Å². The van der Waals surface area contributed by atoms with Crippen molar-refractivity contribution in [1.29, 1.82) is 0 Å². The summed E-state index contributed by atoms with van der Waals surface area (Å²) in [6.07, 6.45) is 0. The van der Waals surface area contributed by atoms with Crippen LogP contribution in [-0.4, -0.2) is 23.9 Å². The molecule has 0 unspecified atom stereocenters. The van der Waals surface area contributed by atoms with E-state index in [1.807, 2.05) is 60.7 Å². The van der Waals surface area contributed by atoms with Gasteiger partial charge in [-0.1, -0.05) is 170 Å². The zero-order valence-corrected chi connectivity index (χ0v) is 30.3. The molecule has 0 bridgehead atoms. The maximum absolute atomic E-state index is 4.96. The summed E-state index contributed by atoms with van der Waals surface area (Å²) in [5, 5.41) is 3.62. The van der Waals surface area contributed by atoms with E-state index in [-0.39, 0.29) is 0 Å². The molecule has 5 nitrogen and oxygen atoms in total. The molecule has 0 amide bonds. The van der Waals surface area contributed by atoms with Crippen molar-refractivity contribution < 1.29 is 0 Å². The van der Waals surface area contributed by atoms with Crippen LogP contribution in [-0.2, 0) is 0 Å². The number of rotatable bonds is 6. The Balaban J connectivity index is 1.08. The van der Waals surface area contributed by atoms with Gasteiger partial charge >= 0.3 is 0 Å². The SMILES string of the molecule is c1ccc(-c2nc(-c3ccccc3)nc(-c3ccc(-c4ccc(-c5c6ccccc6n6c7ccccc7n(-c7ccccc7)c56)c5ccccc45)cc3)n2)cc1. The minimum Gasteiger partial charge on any atom is -0.293 e. The lowest BCUT2D eigenvalue weighted by Gasteiger charge is -2.14. The molecule has 0 radical (unpaired) electrons. The van der Waals surface area contributed by atoms with E-state index in [2.05, 4.69) is 148 Å². The summed E-state index contributed by atoms with van der Waals surface area (Å²) in [6.45, 7) is 0. The van der Waals surface area contributed by atoms with Gasteiger partial charge in [0, 0.05) is 33.3 Å². The van der Waals surface area contributed by atoms with Gasteiger partial charge in [-0.25, -0.2) is 15.0 Å². The van der Waals surface area contributed by atoms with Gasteiger partial charge in [0.2, 0.25) is 0 Å². The first kappa shape index (κ1) is 31.9. The third-order valence-corrected chi connectivity index (χ3v) is 10.8. The Labute approximate surface area is 323 Å². The number of hydrogen-bond acceptors (Lipinski definition) is 3. The molecule has 0 saturated heterocycles. The van der Waals surface area contributed by atoms with Crippen LogP contribution in [0.4, 0.5) is 0 Å². The number of nitrogens with zero attached hydrogens (tertiary/aromatic N) is 5. The number of para-hydroxylation sites is 4. The summed E-state index contributed by atoms with van der Waals surface area (Å²) in [5.41, 5.74) is 13.4. The highest BCUT2D eigenvalue weighted by molar-refractivity contribution is 6.16. The average molecular weight is 716 g/mol. The second-order valence-corrected chi connectivity index (χ2v) is 14.0. The molecule has 0 N–H and O–H groups in total. The molecule has 0 aliphatic carbocycles. The van der Waals surface area contributed by atoms with E-state index in [9.17, 15) is 0 Å². The van der Waals surface area contributed by atoms with Gasteiger partial charge in [-0.3, -0.25) is 8.97 Å². The van der Waals surface area contributed by atoms with E-state index in [4.69, 9.17) is 15.0 Å². The highest BCUT2D eigenvalue weighted by Crippen LogP contribution is 2.44. The molecular weight excluding hydrogens is 683 g/mol. The Kier molecular flexibility index (Phi) is 7.42. The van der Waals surface area contributed by atoms with E-state index in [0.717, 1.165) is 33.6 Å². The fraction of sp³-hybridized carbons (Fsp3) is 0. The third kappa shape index (κ3) is 5.13. The average Bonchev–Trinajstić information content (AvgIpc) is 3.79. The van der Waals surface area contributed by atoms with Crippen LogP contribution in [0.25, 0.3) is 100 Å². The number of aromatic nitrogens is 5. The summed E-state index contributed by atoms with van der Waals surface area (Å²) in [4.78, 5) is 14.8. The minimum atomic E-state index is 0.642. The molecule has 5 heteroatoms. The monoisotopic (exact) mass is 715 g/mol. The standard InChI is InChI=1S/C51H33N5/c1-4-16-35(17-5-1)48-52-49(36-18-6-2-7-19-36)54-50(53-48)37-30-28-34(29-31-37)39-32-33-42(41-23-11-10-22-40(39)41)47-43-24-12-13-25-44(43)56-46-27-15-14-26-45(46)55(51(47)56)38-20-8-3-9-21-38/h1-33H. The third-order valence-electron chi connectivity index (χ3n) is 10.8. The second kappa shape index (κ2) is 13.0. The van der Waals surface area contributed by atoms with Gasteiger partial charge in [-0.05, 0) is 57.8 Å². The number of fused-ring (bicyclic) bond motifs is 6. The van der Waals surface area contributed by atoms with Crippen LogP contribution in [0.15, 0.2) is 200 Å². The van der Waals surface area contributed by atoms with E-state index < -0.39 is 0 Å². The predicted molar refractivity (Wildman–Crippen MR) is 230 cm³/mol. The van der Waals surface area contributed by atoms with Gasteiger partial charge in [-0.15, -0.1) is 0 Å². The lowest BCUT2D eigenvalue weighted by atomic mass is 9.91. The maximum atomic E-state index is 4.96. The summed E-state index contributed by atoms with van der Waals surface area (Å²) in [6, 6.07) is 70.4. The Morgan fingerprint density at radius 1 is 0.304 bits per heavy atom. The van der Waals surface area contributed by atoms with Gasteiger partial charge in [0.25, 0.3) is 0 Å². The first-order valence-corrected chi connectivity index (χ1v) is 18.9. The highest BCUT2D eigenvalue weighted by Gasteiger charge is 2.24. The molecule has 0 atom stereocenters. The van der Waals surface area contributed by atoms with Crippen LogP contribution in [0.5, 0.6) is 0 Å². The van der Waals surface area contributed by atoms with Crippen LogP contribution < -0.4 is 0 Å². The number of hydrogen-bond donors (Lipinski definition) is 0. The lowest BCUT2D eigenvalue weighted by molar-refractivity contribution is 1.07. The highest BCUT2D eigenvalue weighted by atomic mass is 15.1. The smallest absolute Gasteiger partial charge is 0.164 e. The van der Waals surface area contributed by atoms with Gasteiger partial charge in [-0.2, -0.15) is 0 Å². The zero-order valence-electron chi connectivity index (χ0n) is 30.3. The molecule has 0 spiro atoms. The van der Waals surface area contributed by atoms with Crippen molar-refractivity contribution in [3.63, 3.8) is 0 Å². The summed E-state index contributed by atoms with van der Waals surface area (Å²) >= 11 is 0. The summed E-state index contributed by atoms with van der Waals surface area (Å²) < 4.78 is 4.85. The normalized spacial score (nSPS) is 11.6. The molecule has 0 aliphatic heterocycles. The molecule has 0 saturated carbocycles. The first-order chi connectivity index (χ1) is 27.8. The molecule has 11 rings (SSSR count). The first-order valence-electron chi connectivity index (χ1n) is 18.9. The largest absolute Gasteiger partial charge is 0.293 e. The Morgan fingerprint density at radius 3 is 1.34 bits per heavy atom. The Morgan fingerprint density at radius 2 is 0.732 bits per heavy atom. The summed E-state index contributed by atoms with van der Waals surface area (Å²) in [5.74, 6) is 1.94. The zero-order chi connectivity index (χ0) is 37.0. The molecule has 8 aromatic carbocycles. The van der Waals surface area contributed by atoms with Crippen LogP contribution in [0.3, 0.4) is 0 Å². The van der Waals surface area contributed by atoms with Crippen molar-refractivity contribution in [2.45, 2.75) is 0 Å². The maximum Gasteiger partial charge on any atom is 0.164 e. The van der Waals surface area contributed by atoms with E-state index in [0.29, 0.717) is 17.5 Å². The number of imidazole rings is 1. The van der Waals surface area contributed by atoms with Crippen LogP contribution in [0, 0.1) is 0 Å². The molecule has 56 heavy (non-hydrogen) atoms.